The third kappa shape index (κ3) is 6.30. The fourth-order valence-electron chi connectivity index (χ4n) is 2.61. The molecule has 1 aliphatic rings. The number of ether oxygens (including phenoxy) is 2. The highest BCUT2D eigenvalue weighted by molar-refractivity contribution is 5.79. The summed E-state index contributed by atoms with van der Waals surface area (Å²) in [4.78, 5) is 8.64. The summed E-state index contributed by atoms with van der Waals surface area (Å²) < 4.78 is 11.4. The smallest absolute Gasteiger partial charge is 0.213 e. The third-order valence-electron chi connectivity index (χ3n) is 4.42. The first kappa shape index (κ1) is 19.7. The molecule has 0 spiro atoms. The van der Waals surface area contributed by atoms with E-state index in [9.17, 15) is 0 Å². The molecule has 148 valence electrons. The summed E-state index contributed by atoms with van der Waals surface area (Å²) in [5.41, 5.74) is 2.13. The number of aliphatic imine (C=N–C) groups is 1. The summed E-state index contributed by atoms with van der Waals surface area (Å²) in [5, 5.41) is 6.61. The number of guanidine groups is 1. The van der Waals surface area contributed by atoms with Crippen molar-refractivity contribution in [1.29, 1.82) is 0 Å². The largest absolute Gasteiger partial charge is 0.489 e. The van der Waals surface area contributed by atoms with Gasteiger partial charge < -0.3 is 20.1 Å². The van der Waals surface area contributed by atoms with Crippen LogP contribution in [0, 0.1) is 5.92 Å². The standard InChI is InChI=1S/C22H28N4O2/c1-3-12-27-20-7-5-4-6-19(20)15-26-22(23-2)25-14-18-10-11-21(24-13-18)28-16-17-8-9-17/h3-7,10-11,13,17H,1,8-9,12,14-16H2,2H3,(H2,23,25,26). The summed E-state index contributed by atoms with van der Waals surface area (Å²) in [7, 11) is 1.75. The van der Waals surface area contributed by atoms with Crippen LogP contribution in [0.15, 0.2) is 60.2 Å². The lowest BCUT2D eigenvalue weighted by molar-refractivity contribution is 0.288. The molecular weight excluding hydrogens is 352 g/mol. The average Bonchev–Trinajstić information content (AvgIpc) is 3.57. The average molecular weight is 380 g/mol. The molecule has 6 heteroatoms. The van der Waals surface area contributed by atoms with Crippen molar-refractivity contribution in [3.8, 4) is 11.6 Å². The molecule has 1 saturated carbocycles. The molecule has 3 rings (SSSR count). The van der Waals surface area contributed by atoms with E-state index in [0.29, 0.717) is 31.5 Å². The van der Waals surface area contributed by atoms with Crippen molar-refractivity contribution in [3.05, 3.63) is 66.4 Å². The number of nitrogens with one attached hydrogen (secondary N) is 2. The Bertz CT molecular complexity index is 785. The second kappa shape index (κ2) is 10.3. The molecule has 0 bridgehead atoms. The van der Waals surface area contributed by atoms with Gasteiger partial charge in [-0.15, -0.1) is 0 Å². The number of hydrogen-bond donors (Lipinski definition) is 2. The maximum absolute atomic E-state index is 5.69. The number of hydrogen-bond acceptors (Lipinski definition) is 4. The van der Waals surface area contributed by atoms with Crippen LogP contribution in [0.2, 0.25) is 0 Å². The molecule has 1 aromatic carbocycles. The Morgan fingerprint density at radius 1 is 1.18 bits per heavy atom. The highest BCUT2D eigenvalue weighted by atomic mass is 16.5. The summed E-state index contributed by atoms with van der Waals surface area (Å²) >= 11 is 0. The van der Waals surface area contributed by atoms with Crippen molar-refractivity contribution < 1.29 is 9.47 Å². The predicted molar refractivity (Wildman–Crippen MR) is 112 cm³/mol. The molecule has 1 aliphatic carbocycles. The van der Waals surface area contributed by atoms with E-state index in [4.69, 9.17) is 9.47 Å². The van der Waals surface area contributed by atoms with Gasteiger partial charge in [0.1, 0.15) is 12.4 Å². The van der Waals surface area contributed by atoms with Gasteiger partial charge in [0.2, 0.25) is 5.88 Å². The molecule has 0 unspecified atom stereocenters. The fraction of sp³-hybridized carbons (Fsp3) is 0.364. The second-order valence-corrected chi connectivity index (χ2v) is 6.75. The van der Waals surface area contributed by atoms with Gasteiger partial charge in [0.05, 0.1) is 6.61 Å². The van der Waals surface area contributed by atoms with E-state index in [1.165, 1.54) is 12.8 Å². The van der Waals surface area contributed by atoms with Crippen LogP contribution in [0.25, 0.3) is 0 Å². The summed E-state index contributed by atoms with van der Waals surface area (Å²) in [6.45, 7) is 6.19. The van der Waals surface area contributed by atoms with E-state index in [0.717, 1.165) is 29.4 Å². The van der Waals surface area contributed by atoms with E-state index in [2.05, 4.69) is 27.2 Å². The Morgan fingerprint density at radius 3 is 2.71 bits per heavy atom. The number of pyridine rings is 1. The lowest BCUT2D eigenvalue weighted by atomic mass is 10.2. The monoisotopic (exact) mass is 380 g/mol. The Labute approximate surface area is 166 Å². The maximum atomic E-state index is 5.69. The van der Waals surface area contributed by atoms with E-state index in [-0.39, 0.29) is 0 Å². The minimum absolute atomic E-state index is 0.483. The summed E-state index contributed by atoms with van der Waals surface area (Å²) in [6.07, 6.45) is 6.12. The van der Waals surface area contributed by atoms with Crippen LogP contribution in [0.3, 0.4) is 0 Å². The van der Waals surface area contributed by atoms with Crippen LogP contribution in [-0.4, -0.2) is 31.2 Å². The van der Waals surface area contributed by atoms with Crippen molar-refractivity contribution in [2.75, 3.05) is 20.3 Å². The molecule has 1 fully saturated rings. The molecule has 1 aromatic heterocycles. The molecule has 0 saturated heterocycles. The van der Waals surface area contributed by atoms with Crippen molar-refractivity contribution in [3.63, 3.8) is 0 Å². The minimum atomic E-state index is 0.483. The first-order valence-corrected chi connectivity index (χ1v) is 9.62. The molecule has 0 aliphatic heterocycles. The normalized spacial score (nSPS) is 13.7. The van der Waals surface area contributed by atoms with Crippen LogP contribution >= 0.6 is 0 Å². The molecule has 0 amide bonds. The highest BCUT2D eigenvalue weighted by Gasteiger charge is 2.22. The Kier molecular flexibility index (Phi) is 7.29. The lowest BCUT2D eigenvalue weighted by Gasteiger charge is -2.14. The van der Waals surface area contributed by atoms with Crippen LogP contribution < -0.4 is 20.1 Å². The van der Waals surface area contributed by atoms with Crippen LogP contribution in [0.1, 0.15) is 24.0 Å². The Morgan fingerprint density at radius 2 is 2.00 bits per heavy atom. The zero-order valence-corrected chi connectivity index (χ0v) is 16.4. The molecule has 1 heterocycles. The Hall–Kier alpha value is -3.02. The van der Waals surface area contributed by atoms with Gasteiger partial charge in [0.25, 0.3) is 0 Å². The SMILES string of the molecule is C=CCOc1ccccc1CNC(=NC)NCc1ccc(OCC2CC2)nc1. The van der Waals surface area contributed by atoms with Gasteiger partial charge in [0.15, 0.2) is 5.96 Å². The number of aromatic nitrogens is 1. The number of rotatable bonds is 10. The molecular formula is C22H28N4O2. The fourth-order valence-corrected chi connectivity index (χ4v) is 2.61. The molecule has 0 radical (unpaired) electrons. The van der Waals surface area contributed by atoms with Crippen molar-refractivity contribution >= 4 is 5.96 Å². The molecule has 2 N–H and O–H groups in total. The van der Waals surface area contributed by atoms with Crippen molar-refractivity contribution in [1.82, 2.24) is 15.6 Å². The lowest BCUT2D eigenvalue weighted by Crippen LogP contribution is -2.36. The topological polar surface area (TPSA) is 67.8 Å². The van der Waals surface area contributed by atoms with E-state index in [1.807, 2.05) is 42.6 Å². The van der Waals surface area contributed by atoms with Gasteiger partial charge in [0, 0.05) is 38.0 Å². The quantitative estimate of drug-likeness (QED) is 0.376. The first-order valence-electron chi connectivity index (χ1n) is 9.62. The van der Waals surface area contributed by atoms with Gasteiger partial charge >= 0.3 is 0 Å². The number of benzene rings is 1. The maximum Gasteiger partial charge on any atom is 0.213 e. The zero-order chi connectivity index (χ0) is 19.6. The van der Waals surface area contributed by atoms with Crippen molar-refractivity contribution in [2.45, 2.75) is 25.9 Å². The summed E-state index contributed by atoms with van der Waals surface area (Å²) in [6, 6.07) is 11.9. The van der Waals surface area contributed by atoms with Gasteiger partial charge in [-0.25, -0.2) is 4.98 Å². The van der Waals surface area contributed by atoms with Gasteiger partial charge in [-0.05, 0) is 30.4 Å². The van der Waals surface area contributed by atoms with Crippen molar-refractivity contribution in [2.24, 2.45) is 10.9 Å². The van der Waals surface area contributed by atoms with E-state index >= 15 is 0 Å². The second-order valence-electron chi connectivity index (χ2n) is 6.75. The van der Waals surface area contributed by atoms with Gasteiger partial charge in [-0.3, -0.25) is 4.99 Å². The Balaban J connectivity index is 1.46. The van der Waals surface area contributed by atoms with Crippen LogP contribution in [0.4, 0.5) is 0 Å². The highest BCUT2D eigenvalue weighted by Crippen LogP contribution is 2.29. The summed E-state index contributed by atoms with van der Waals surface area (Å²) in [5.74, 6) is 2.98. The zero-order valence-electron chi connectivity index (χ0n) is 16.4. The first-order chi connectivity index (χ1) is 13.8. The van der Waals surface area contributed by atoms with Crippen LogP contribution in [0.5, 0.6) is 11.6 Å². The third-order valence-corrected chi connectivity index (χ3v) is 4.42. The number of nitrogens with zero attached hydrogens (tertiary/aromatic N) is 2. The van der Waals surface area contributed by atoms with Gasteiger partial charge in [-0.2, -0.15) is 0 Å². The molecule has 28 heavy (non-hydrogen) atoms. The van der Waals surface area contributed by atoms with Gasteiger partial charge in [-0.1, -0.05) is 36.9 Å². The van der Waals surface area contributed by atoms with Crippen LogP contribution in [-0.2, 0) is 13.1 Å². The minimum Gasteiger partial charge on any atom is -0.489 e. The molecule has 2 aromatic rings. The van der Waals surface area contributed by atoms with E-state index < -0.39 is 0 Å². The molecule has 0 atom stereocenters. The molecule has 6 nitrogen and oxygen atoms in total. The predicted octanol–water partition coefficient (Wildman–Crippen LogP) is 3.30. The number of para-hydroxylation sites is 1. The van der Waals surface area contributed by atoms with E-state index in [1.54, 1.807) is 13.1 Å².